The van der Waals surface area contributed by atoms with Crippen LogP contribution >= 0.6 is 0 Å². The van der Waals surface area contributed by atoms with E-state index in [1.807, 2.05) is 24.3 Å². The first-order valence-electron chi connectivity index (χ1n) is 6.52. The zero-order chi connectivity index (χ0) is 13.0. The van der Waals surface area contributed by atoms with Crippen LogP contribution in [0.4, 0.5) is 0 Å². The average molecular weight is 247 g/mol. The number of hydrogen-bond donors (Lipinski definition) is 0. The van der Waals surface area contributed by atoms with Crippen LogP contribution in [-0.4, -0.2) is 38.4 Å². The first-order chi connectivity index (χ1) is 8.74. The summed E-state index contributed by atoms with van der Waals surface area (Å²) in [6, 6.07) is 7.88. The number of hydrogen-bond acceptors (Lipinski definition) is 3. The van der Waals surface area contributed by atoms with E-state index in [2.05, 4.69) is 11.9 Å². The molecule has 0 radical (unpaired) electrons. The highest BCUT2D eigenvalue weighted by atomic mass is 16.5. The highest BCUT2D eigenvalue weighted by Gasteiger charge is 2.26. The lowest BCUT2D eigenvalue weighted by molar-refractivity contribution is -0.110. The van der Waals surface area contributed by atoms with Gasteiger partial charge in [-0.25, -0.2) is 0 Å². The van der Waals surface area contributed by atoms with Crippen LogP contribution in [0.2, 0.25) is 0 Å². The SMILES string of the molecule is COc1ccc(C(C=O)C2CCN(C)CC2)cc1. The van der Waals surface area contributed by atoms with E-state index in [-0.39, 0.29) is 5.92 Å². The summed E-state index contributed by atoms with van der Waals surface area (Å²) in [4.78, 5) is 13.7. The molecule has 1 aromatic carbocycles. The Hall–Kier alpha value is -1.35. The fourth-order valence-electron chi connectivity index (χ4n) is 2.68. The van der Waals surface area contributed by atoms with E-state index in [1.54, 1.807) is 7.11 Å². The minimum absolute atomic E-state index is 0.0320. The number of nitrogens with zero attached hydrogens (tertiary/aromatic N) is 1. The molecule has 1 unspecified atom stereocenters. The molecule has 0 spiro atoms. The lowest BCUT2D eigenvalue weighted by Crippen LogP contribution is -2.33. The summed E-state index contributed by atoms with van der Waals surface area (Å²) >= 11 is 0. The van der Waals surface area contributed by atoms with Crippen molar-refractivity contribution in [2.45, 2.75) is 18.8 Å². The Morgan fingerprint density at radius 1 is 1.28 bits per heavy atom. The molecule has 3 nitrogen and oxygen atoms in total. The van der Waals surface area contributed by atoms with Crippen molar-refractivity contribution in [2.75, 3.05) is 27.2 Å². The number of aldehydes is 1. The van der Waals surface area contributed by atoms with Crippen molar-refractivity contribution < 1.29 is 9.53 Å². The molecule has 0 bridgehead atoms. The van der Waals surface area contributed by atoms with Gasteiger partial charge in [-0.1, -0.05) is 12.1 Å². The molecule has 1 aromatic rings. The van der Waals surface area contributed by atoms with Gasteiger partial charge in [0.05, 0.1) is 7.11 Å². The predicted octanol–water partition coefficient (Wildman–Crippen LogP) is 2.32. The van der Waals surface area contributed by atoms with Crippen molar-refractivity contribution in [3.63, 3.8) is 0 Å². The second-order valence-electron chi connectivity index (χ2n) is 5.08. The van der Waals surface area contributed by atoms with Crippen molar-refractivity contribution >= 4 is 6.29 Å². The monoisotopic (exact) mass is 247 g/mol. The zero-order valence-corrected chi connectivity index (χ0v) is 11.1. The van der Waals surface area contributed by atoms with E-state index in [9.17, 15) is 4.79 Å². The quantitative estimate of drug-likeness (QED) is 0.765. The van der Waals surface area contributed by atoms with Gasteiger partial charge in [-0.15, -0.1) is 0 Å². The molecule has 0 saturated carbocycles. The normalized spacial score (nSPS) is 19.4. The molecular formula is C15H21NO2. The van der Waals surface area contributed by atoms with E-state index in [0.717, 1.165) is 43.5 Å². The summed E-state index contributed by atoms with van der Waals surface area (Å²) in [6.07, 6.45) is 3.32. The van der Waals surface area contributed by atoms with Gasteiger partial charge < -0.3 is 14.4 Å². The van der Waals surface area contributed by atoms with Crippen LogP contribution in [0.5, 0.6) is 5.75 Å². The van der Waals surface area contributed by atoms with E-state index in [0.29, 0.717) is 5.92 Å². The van der Waals surface area contributed by atoms with Crippen molar-refractivity contribution in [1.82, 2.24) is 4.90 Å². The summed E-state index contributed by atoms with van der Waals surface area (Å²) in [6.45, 7) is 2.18. The summed E-state index contributed by atoms with van der Waals surface area (Å²) in [5.41, 5.74) is 1.11. The summed E-state index contributed by atoms with van der Waals surface area (Å²) < 4.78 is 5.15. The largest absolute Gasteiger partial charge is 0.497 e. The van der Waals surface area contributed by atoms with E-state index in [1.165, 1.54) is 0 Å². The Morgan fingerprint density at radius 3 is 2.39 bits per heavy atom. The molecular weight excluding hydrogens is 226 g/mol. The van der Waals surface area contributed by atoms with Gasteiger partial charge in [0.25, 0.3) is 0 Å². The molecule has 0 aliphatic carbocycles. The zero-order valence-electron chi connectivity index (χ0n) is 11.1. The minimum Gasteiger partial charge on any atom is -0.497 e. The lowest BCUT2D eigenvalue weighted by Gasteiger charge is -2.32. The molecule has 0 N–H and O–H groups in total. The topological polar surface area (TPSA) is 29.5 Å². The molecule has 0 aromatic heterocycles. The summed E-state index contributed by atoms with van der Waals surface area (Å²) in [7, 11) is 3.79. The molecule has 1 fully saturated rings. The fourth-order valence-corrected chi connectivity index (χ4v) is 2.68. The van der Waals surface area contributed by atoms with Crippen LogP contribution in [-0.2, 0) is 4.79 Å². The molecule has 1 heterocycles. The van der Waals surface area contributed by atoms with Crippen LogP contribution in [0.15, 0.2) is 24.3 Å². The van der Waals surface area contributed by atoms with Gasteiger partial charge in [0.15, 0.2) is 0 Å². The standard InChI is InChI=1S/C15H21NO2/c1-16-9-7-13(8-10-16)15(11-17)12-3-5-14(18-2)6-4-12/h3-6,11,13,15H,7-10H2,1-2H3. The summed E-state index contributed by atoms with van der Waals surface area (Å²) in [5.74, 6) is 1.35. The van der Waals surface area contributed by atoms with Crippen molar-refractivity contribution in [3.8, 4) is 5.75 Å². The maximum absolute atomic E-state index is 11.4. The highest BCUT2D eigenvalue weighted by molar-refractivity contribution is 5.63. The molecule has 2 rings (SSSR count). The van der Waals surface area contributed by atoms with Crippen LogP contribution < -0.4 is 4.74 Å². The van der Waals surface area contributed by atoms with Gasteiger partial charge in [-0.2, -0.15) is 0 Å². The Morgan fingerprint density at radius 2 is 1.89 bits per heavy atom. The number of methoxy groups -OCH3 is 1. The van der Waals surface area contributed by atoms with Gasteiger partial charge in [0, 0.05) is 5.92 Å². The maximum atomic E-state index is 11.4. The van der Waals surface area contributed by atoms with E-state index >= 15 is 0 Å². The molecule has 0 amide bonds. The molecule has 1 saturated heterocycles. The number of ether oxygens (including phenoxy) is 1. The smallest absolute Gasteiger partial charge is 0.127 e. The summed E-state index contributed by atoms with van der Waals surface area (Å²) in [5, 5.41) is 0. The molecule has 18 heavy (non-hydrogen) atoms. The van der Waals surface area contributed by atoms with Gasteiger partial charge >= 0.3 is 0 Å². The molecule has 1 aliphatic rings. The van der Waals surface area contributed by atoms with Gasteiger partial charge in [-0.3, -0.25) is 0 Å². The average Bonchev–Trinajstić information content (AvgIpc) is 2.42. The van der Waals surface area contributed by atoms with E-state index < -0.39 is 0 Å². The van der Waals surface area contributed by atoms with Crippen molar-refractivity contribution in [3.05, 3.63) is 29.8 Å². The van der Waals surface area contributed by atoms with Crippen molar-refractivity contribution in [1.29, 1.82) is 0 Å². The second-order valence-corrected chi connectivity index (χ2v) is 5.08. The first-order valence-corrected chi connectivity index (χ1v) is 6.52. The number of likely N-dealkylation sites (tertiary alicyclic amines) is 1. The van der Waals surface area contributed by atoms with Gasteiger partial charge in [-0.05, 0) is 56.6 Å². The number of benzene rings is 1. The molecule has 1 aliphatic heterocycles. The van der Waals surface area contributed by atoms with Gasteiger partial charge in [0.2, 0.25) is 0 Å². The minimum atomic E-state index is 0.0320. The highest BCUT2D eigenvalue weighted by Crippen LogP contribution is 2.31. The Balaban J connectivity index is 2.09. The molecule has 98 valence electrons. The Kier molecular flexibility index (Phi) is 4.37. The fraction of sp³-hybridized carbons (Fsp3) is 0.533. The number of piperidine rings is 1. The van der Waals surface area contributed by atoms with Crippen LogP contribution in [0.3, 0.4) is 0 Å². The Bertz CT molecular complexity index is 380. The third-order valence-electron chi connectivity index (χ3n) is 3.92. The Labute approximate surface area is 109 Å². The number of rotatable bonds is 4. The third-order valence-corrected chi connectivity index (χ3v) is 3.92. The van der Waals surface area contributed by atoms with E-state index in [4.69, 9.17) is 4.74 Å². The number of carbonyl (C=O) groups excluding carboxylic acids is 1. The van der Waals surface area contributed by atoms with Crippen LogP contribution in [0.1, 0.15) is 24.3 Å². The number of carbonyl (C=O) groups is 1. The predicted molar refractivity (Wildman–Crippen MR) is 72.0 cm³/mol. The van der Waals surface area contributed by atoms with Crippen LogP contribution in [0, 0.1) is 5.92 Å². The van der Waals surface area contributed by atoms with Gasteiger partial charge in [0.1, 0.15) is 12.0 Å². The first kappa shape index (κ1) is 13.1. The van der Waals surface area contributed by atoms with Crippen LogP contribution in [0.25, 0.3) is 0 Å². The lowest BCUT2D eigenvalue weighted by atomic mass is 9.81. The van der Waals surface area contributed by atoms with Crippen molar-refractivity contribution in [2.24, 2.45) is 5.92 Å². The second kappa shape index (κ2) is 6.01. The maximum Gasteiger partial charge on any atom is 0.127 e. The molecule has 3 heteroatoms. The molecule has 1 atom stereocenters. The third kappa shape index (κ3) is 2.91.